The lowest BCUT2D eigenvalue weighted by molar-refractivity contribution is -0.142. The number of amides is 6. The smallest absolute Gasteiger partial charge is 0.326 e. The monoisotopic (exact) mass is 874 g/mol. The molecule has 0 fully saturated rings. The lowest BCUT2D eigenvalue weighted by atomic mass is 9.99. The zero-order chi connectivity index (χ0) is 46.6. The summed E-state index contributed by atoms with van der Waals surface area (Å²) in [6, 6.07) is 12.3. The van der Waals surface area contributed by atoms with Crippen LogP contribution >= 0.6 is 0 Å². The molecule has 0 heterocycles. The highest BCUT2D eigenvalue weighted by Gasteiger charge is 2.33. The predicted molar refractivity (Wildman–Crippen MR) is 235 cm³/mol. The number of benzene rings is 3. The van der Waals surface area contributed by atoms with Crippen molar-refractivity contribution in [2.75, 3.05) is 6.54 Å². The minimum atomic E-state index is -1.33. The number of rotatable bonds is 25. The van der Waals surface area contributed by atoms with Crippen LogP contribution in [0.25, 0.3) is 0 Å². The zero-order valence-electron chi connectivity index (χ0n) is 36.1. The summed E-state index contributed by atoms with van der Waals surface area (Å²) in [7, 11) is 0. The average Bonchev–Trinajstić information content (AvgIpc) is 3.23. The molecular formula is C45H62N8O10. The molecule has 0 radical (unpaired) electrons. The Kier molecular flexibility index (Phi) is 20.5. The molecule has 0 unspecified atom stereocenters. The largest absolute Gasteiger partial charge is 0.508 e. The van der Waals surface area contributed by atoms with Crippen LogP contribution in [0.5, 0.6) is 11.5 Å². The van der Waals surface area contributed by atoms with E-state index in [1.165, 1.54) is 38.1 Å². The van der Waals surface area contributed by atoms with Gasteiger partial charge in [0.05, 0.1) is 6.04 Å². The molecule has 0 aromatic heterocycles. The normalized spacial score (nSPS) is 14.4. The fourth-order valence-electron chi connectivity index (χ4n) is 6.46. The molecular weight excluding hydrogens is 813 g/mol. The minimum Gasteiger partial charge on any atom is -0.508 e. The van der Waals surface area contributed by atoms with Gasteiger partial charge in [0, 0.05) is 19.3 Å². The van der Waals surface area contributed by atoms with E-state index in [0.29, 0.717) is 36.1 Å². The fourth-order valence-corrected chi connectivity index (χ4v) is 6.46. The Balaban J connectivity index is 1.86. The lowest BCUT2D eigenvalue weighted by Crippen LogP contribution is -2.60. The number of nitrogens with one attached hydrogen (secondary N) is 6. The second-order valence-electron chi connectivity index (χ2n) is 16.0. The quantitative estimate of drug-likeness (QED) is 0.0524. The maximum Gasteiger partial charge on any atom is 0.326 e. The van der Waals surface area contributed by atoms with Gasteiger partial charge < -0.3 is 58.7 Å². The van der Waals surface area contributed by atoms with Gasteiger partial charge in [-0.25, -0.2) is 4.79 Å². The molecule has 18 nitrogen and oxygen atoms in total. The molecule has 7 atom stereocenters. The number of hydrogen-bond acceptors (Lipinski definition) is 11. The number of nitrogens with two attached hydrogens (primary N) is 2. The number of carboxylic acid groups (broad SMARTS) is 1. The Hall–Kier alpha value is -6.53. The van der Waals surface area contributed by atoms with E-state index in [9.17, 15) is 48.9 Å². The molecule has 3 rings (SSSR count). The Morgan fingerprint density at radius 2 is 0.905 bits per heavy atom. The van der Waals surface area contributed by atoms with Gasteiger partial charge in [0.25, 0.3) is 0 Å². The number of carboxylic acids is 1. The van der Waals surface area contributed by atoms with Crippen LogP contribution in [-0.2, 0) is 52.8 Å². The molecule has 0 aliphatic heterocycles. The van der Waals surface area contributed by atoms with Crippen LogP contribution in [0.4, 0.5) is 0 Å². The van der Waals surface area contributed by atoms with E-state index >= 15 is 0 Å². The molecule has 3 aromatic carbocycles. The van der Waals surface area contributed by atoms with E-state index in [-0.39, 0.29) is 49.5 Å². The highest BCUT2D eigenvalue weighted by atomic mass is 16.4. The number of phenolic OH excluding ortho intramolecular Hbond substituents is 2. The second kappa shape index (κ2) is 25.4. The number of hydrogen-bond donors (Lipinski definition) is 11. The van der Waals surface area contributed by atoms with Crippen LogP contribution in [0.3, 0.4) is 0 Å². The molecule has 3 aromatic rings. The van der Waals surface area contributed by atoms with Crippen LogP contribution in [0.1, 0.15) is 70.1 Å². The van der Waals surface area contributed by atoms with Crippen LogP contribution in [0.15, 0.2) is 78.9 Å². The van der Waals surface area contributed by atoms with Crippen molar-refractivity contribution in [1.29, 1.82) is 0 Å². The highest BCUT2D eigenvalue weighted by Crippen LogP contribution is 2.15. The number of aromatic hydroxyl groups is 2. The summed E-state index contributed by atoms with van der Waals surface area (Å²) in [5, 5.41) is 45.2. The first kappa shape index (κ1) is 50.8. The number of carbonyl (C=O) groups is 7. The van der Waals surface area contributed by atoms with Crippen LogP contribution in [0.2, 0.25) is 0 Å². The van der Waals surface area contributed by atoms with Crippen molar-refractivity contribution < 1.29 is 48.9 Å². The second-order valence-corrected chi connectivity index (χ2v) is 16.0. The average molecular weight is 875 g/mol. The number of unbranched alkanes of at least 4 members (excludes halogenated alkanes) is 1. The van der Waals surface area contributed by atoms with Gasteiger partial charge in [0.2, 0.25) is 35.4 Å². The SMILES string of the molecule is CC(C)C[C@H](NC(=O)[C@H](Cc1ccc(O)cc1)NC(=O)[C@H](C)NC(=O)[C@H](Cc1ccc(O)cc1)NC(=O)[C@H](C)N)C(=O)N[C@@H](Cc1ccccc1)C(=O)N[C@@H](CCCCN)C(=O)O. The predicted octanol–water partition coefficient (Wildman–Crippen LogP) is 0.661. The summed E-state index contributed by atoms with van der Waals surface area (Å²) in [6.45, 7) is 6.83. The van der Waals surface area contributed by atoms with Crippen LogP contribution in [0, 0.1) is 5.92 Å². The molecule has 0 aliphatic carbocycles. The third-order valence-electron chi connectivity index (χ3n) is 10.0. The molecule has 0 bridgehead atoms. The Morgan fingerprint density at radius 1 is 0.508 bits per heavy atom. The minimum absolute atomic E-state index is 0.00217. The number of carbonyl (C=O) groups excluding carboxylic acids is 6. The van der Waals surface area contributed by atoms with E-state index in [1.54, 1.807) is 54.6 Å². The third kappa shape index (κ3) is 17.8. The third-order valence-corrected chi connectivity index (χ3v) is 10.0. The molecule has 18 heteroatoms. The summed E-state index contributed by atoms with van der Waals surface area (Å²) in [6.07, 6.45) is 1.12. The van der Waals surface area contributed by atoms with Crippen molar-refractivity contribution in [3.8, 4) is 11.5 Å². The summed E-state index contributed by atoms with van der Waals surface area (Å²) in [4.78, 5) is 93.9. The fraction of sp³-hybridized carbons (Fsp3) is 0.444. The van der Waals surface area contributed by atoms with Gasteiger partial charge in [-0.3, -0.25) is 28.8 Å². The van der Waals surface area contributed by atoms with E-state index in [1.807, 2.05) is 13.8 Å². The van der Waals surface area contributed by atoms with Crippen molar-refractivity contribution >= 4 is 41.4 Å². The molecule has 13 N–H and O–H groups in total. The molecule has 0 saturated carbocycles. The van der Waals surface area contributed by atoms with Crippen molar-refractivity contribution in [2.45, 2.75) is 115 Å². The maximum atomic E-state index is 14.2. The topological polar surface area (TPSA) is 304 Å². The van der Waals surface area contributed by atoms with Crippen LogP contribution < -0.4 is 43.4 Å². The van der Waals surface area contributed by atoms with E-state index < -0.39 is 83.7 Å². The van der Waals surface area contributed by atoms with E-state index in [4.69, 9.17) is 11.5 Å². The number of aliphatic carboxylic acids is 1. The summed E-state index contributed by atoms with van der Waals surface area (Å²) < 4.78 is 0. The summed E-state index contributed by atoms with van der Waals surface area (Å²) in [5.41, 5.74) is 13.1. The van der Waals surface area contributed by atoms with Gasteiger partial charge in [-0.1, -0.05) is 68.4 Å². The number of phenols is 2. The molecule has 63 heavy (non-hydrogen) atoms. The van der Waals surface area contributed by atoms with Crippen LogP contribution in [-0.4, -0.2) is 106 Å². The lowest BCUT2D eigenvalue weighted by Gasteiger charge is -2.28. The summed E-state index contributed by atoms with van der Waals surface area (Å²) in [5.74, 6) is -5.81. The van der Waals surface area contributed by atoms with Gasteiger partial charge in [0.1, 0.15) is 47.8 Å². The molecule has 6 amide bonds. The van der Waals surface area contributed by atoms with Gasteiger partial charge in [-0.05, 0) is 92.9 Å². The van der Waals surface area contributed by atoms with Gasteiger partial charge in [-0.2, -0.15) is 0 Å². The van der Waals surface area contributed by atoms with Crippen molar-refractivity contribution in [3.63, 3.8) is 0 Å². The molecule has 342 valence electrons. The zero-order valence-corrected chi connectivity index (χ0v) is 36.1. The van der Waals surface area contributed by atoms with Gasteiger partial charge in [-0.15, -0.1) is 0 Å². The van der Waals surface area contributed by atoms with E-state index in [2.05, 4.69) is 31.9 Å². The van der Waals surface area contributed by atoms with Crippen molar-refractivity contribution in [1.82, 2.24) is 31.9 Å². The summed E-state index contributed by atoms with van der Waals surface area (Å²) >= 11 is 0. The van der Waals surface area contributed by atoms with Crippen molar-refractivity contribution in [3.05, 3.63) is 95.6 Å². The van der Waals surface area contributed by atoms with Gasteiger partial charge in [0.15, 0.2) is 0 Å². The van der Waals surface area contributed by atoms with Gasteiger partial charge >= 0.3 is 5.97 Å². The first-order valence-corrected chi connectivity index (χ1v) is 21.0. The van der Waals surface area contributed by atoms with Crippen molar-refractivity contribution in [2.24, 2.45) is 17.4 Å². The standard InChI is InChI=1S/C45H62N8O10/c1-26(2)22-35(42(59)53-38(23-29-10-6-5-7-11-29)43(60)49-34(45(62)63)12-8-9-21-46)52-44(61)37(25-31-15-19-33(55)20-16-31)51-40(57)28(4)48-41(58)36(50-39(56)27(3)47)24-30-13-17-32(54)18-14-30/h5-7,10-11,13-20,26-28,34-38,54-55H,8-9,12,21-25,46-47H2,1-4H3,(H,48,58)(H,49,60)(H,50,56)(H,51,57)(H,52,61)(H,53,59)(H,62,63)/t27-,28-,34-,35-,36-,37-,38-/m0/s1. The molecule has 0 spiro atoms. The molecule has 0 saturated heterocycles. The Bertz CT molecular complexity index is 1980. The first-order valence-electron chi connectivity index (χ1n) is 21.0. The first-order chi connectivity index (χ1) is 29.9. The Labute approximate surface area is 367 Å². The Morgan fingerprint density at radius 3 is 1.35 bits per heavy atom. The maximum absolute atomic E-state index is 14.2. The van der Waals surface area contributed by atoms with E-state index in [0.717, 1.165) is 0 Å². The molecule has 0 aliphatic rings. The highest BCUT2D eigenvalue weighted by molar-refractivity contribution is 5.97.